The molecule has 2 aromatic carbocycles. The number of halogens is 1. The second kappa shape index (κ2) is 8.14. The van der Waals surface area contributed by atoms with Gasteiger partial charge in [0.1, 0.15) is 28.9 Å². The number of para-hydroxylation sites is 1. The van der Waals surface area contributed by atoms with Crippen LogP contribution in [0.4, 0.5) is 10.1 Å². The van der Waals surface area contributed by atoms with Gasteiger partial charge in [0.2, 0.25) is 5.91 Å². The van der Waals surface area contributed by atoms with Crippen molar-refractivity contribution in [3.63, 3.8) is 0 Å². The van der Waals surface area contributed by atoms with Crippen LogP contribution in [-0.4, -0.2) is 32.1 Å². The van der Waals surface area contributed by atoms with Gasteiger partial charge < -0.3 is 20.1 Å². The normalized spacial score (nSPS) is 11.4. The summed E-state index contributed by atoms with van der Waals surface area (Å²) in [6, 6.07) is 9.79. The van der Waals surface area contributed by atoms with E-state index < -0.39 is 23.7 Å². The van der Waals surface area contributed by atoms with Crippen LogP contribution in [0.3, 0.4) is 0 Å². The lowest BCUT2D eigenvalue weighted by Crippen LogP contribution is -2.41. The van der Waals surface area contributed by atoms with Gasteiger partial charge in [-0.05, 0) is 31.2 Å². The zero-order valence-corrected chi connectivity index (χ0v) is 14.1. The number of nitrogens with one attached hydrogen (secondary N) is 2. The molecule has 0 heterocycles. The van der Waals surface area contributed by atoms with Gasteiger partial charge >= 0.3 is 0 Å². The lowest BCUT2D eigenvalue weighted by atomic mass is 10.1. The number of methoxy groups -OCH3 is 2. The van der Waals surface area contributed by atoms with Crippen LogP contribution in [0.2, 0.25) is 0 Å². The van der Waals surface area contributed by atoms with Gasteiger partial charge in [0.25, 0.3) is 5.91 Å². The van der Waals surface area contributed by atoms with Crippen molar-refractivity contribution in [2.24, 2.45) is 0 Å². The lowest BCUT2D eigenvalue weighted by Gasteiger charge is -2.17. The van der Waals surface area contributed by atoms with Crippen molar-refractivity contribution in [1.82, 2.24) is 5.32 Å². The second-order valence-electron chi connectivity index (χ2n) is 5.20. The van der Waals surface area contributed by atoms with Crippen molar-refractivity contribution in [3.8, 4) is 11.5 Å². The summed E-state index contributed by atoms with van der Waals surface area (Å²) in [5.41, 5.74) is 0.224. The summed E-state index contributed by atoms with van der Waals surface area (Å²) in [5.74, 6) is -1.00. The summed E-state index contributed by atoms with van der Waals surface area (Å²) in [7, 11) is 2.86. The van der Waals surface area contributed by atoms with Crippen LogP contribution < -0.4 is 20.1 Å². The highest BCUT2D eigenvalue weighted by molar-refractivity contribution is 6.03. The van der Waals surface area contributed by atoms with Crippen molar-refractivity contribution < 1.29 is 23.5 Å². The third kappa shape index (κ3) is 4.26. The molecule has 2 amide bonds. The predicted octanol–water partition coefficient (Wildman–Crippen LogP) is 2.60. The van der Waals surface area contributed by atoms with Crippen LogP contribution in [-0.2, 0) is 4.79 Å². The Hall–Kier alpha value is -3.09. The number of anilines is 1. The highest BCUT2D eigenvalue weighted by Gasteiger charge is 2.23. The smallest absolute Gasteiger partial charge is 0.259 e. The molecular weight excluding hydrogens is 327 g/mol. The molecule has 25 heavy (non-hydrogen) atoms. The first-order chi connectivity index (χ1) is 12.0. The lowest BCUT2D eigenvalue weighted by molar-refractivity contribution is -0.117. The van der Waals surface area contributed by atoms with E-state index in [1.807, 2.05) is 0 Å². The van der Waals surface area contributed by atoms with E-state index in [-0.39, 0.29) is 11.3 Å². The Morgan fingerprint density at radius 1 is 1.00 bits per heavy atom. The largest absolute Gasteiger partial charge is 0.496 e. The Balaban J connectivity index is 2.12. The molecular formula is C18H19FN2O4. The fourth-order valence-electron chi connectivity index (χ4n) is 2.21. The zero-order valence-electron chi connectivity index (χ0n) is 14.1. The van der Waals surface area contributed by atoms with Crippen LogP contribution in [0, 0.1) is 5.82 Å². The fraction of sp³-hybridized carbons (Fsp3) is 0.222. The highest BCUT2D eigenvalue weighted by atomic mass is 19.1. The molecule has 1 unspecified atom stereocenters. The number of hydrogen-bond acceptors (Lipinski definition) is 4. The predicted molar refractivity (Wildman–Crippen MR) is 91.5 cm³/mol. The molecule has 0 spiro atoms. The SMILES string of the molecule is COc1cccc(OC)c1C(=O)NC(C)C(=O)Nc1ccccc1F. The van der Waals surface area contributed by atoms with Gasteiger partial charge in [-0.1, -0.05) is 18.2 Å². The Morgan fingerprint density at radius 3 is 2.16 bits per heavy atom. The first-order valence-corrected chi connectivity index (χ1v) is 7.55. The van der Waals surface area contributed by atoms with Crippen molar-refractivity contribution in [1.29, 1.82) is 0 Å². The second-order valence-corrected chi connectivity index (χ2v) is 5.20. The molecule has 7 heteroatoms. The number of hydrogen-bond donors (Lipinski definition) is 2. The quantitative estimate of drug-likeness (QED) is 0.843. The highest BCUT2D eigenvalue weighted by Crippen LogP contribution is 2.28. The van der Waals surface area contributed by atoms with E-state index in [1.54, 1.807) is 24.3 Å². The number of rotatable bonds is 6. The van der Waals surface area contributed by atoms with E-state index in [9.17, 15) is 14.0 Å². The average Bonchev–Trinajstić information content (AvgIpc) is 2.62. The number of benzene rings is 2. The van der Waals surface area contributed by atoms with Crippen LogP contribution in [0.5, 0.6) is 11.5 Å². The standard InChI is InChI=1S/C18H19FN2O4/c1-11(17(22)21-13-8-5-4-7-12(13)19)20-18(23)16-14(24-2)9-6-10-15(16)25-3/h4-11H,1-3H3,(H,20,23)(H,21,22). The molecule has 2 rings (SSSR count). The molecule has 2 aromatic rings. The molecule has 6 nitrogen and oxygen atoms in total. The molecule has 0 saturated heterocycles. The third-order valence-corrected chi connectivity index (χ3v) is 3.53. The van der Waals surface area contributed by atoms with E-state index >= 15 is 0 Å². The Kier molecular flexibility index (Phi) is 5.94. The third-order valence-electron chi connectivity index (χ3n) is 3.53. The van der Waals surface area contributed by atoms with Gasteiger partial charge in [-0.15, -0.1) is 0 Å². The monoisotopic (exact) mass is 346 g/mol. The molecule has 0 saturated carbocycles. The van der Waals surface area contributed by atoms with Crippen molar-refractivity contribution >= 4 is 17.5 Å². The van der Waals surface area contributed by atoms with E-state index in [1.165, 1.54) is 39.3 Å². The number of amides is 2. The van der Waals surface area contributed by atoms with Gasteiger partial charge in [-0.25, -0.2) is 4.39 Å². The van der Waals surface area contributed by atoms with Gasteiger partial charge in [0.05, 0.1) is 19.9 Å². The van der Waals surface area contributed by atoms with Crippen LogP contribution >= 0.6 is 0 Å². The fourth-order valence-corrected chi connectivity index (χ4v) is 2.21. The minimum atomic E-state index is -0.901. The molecule has 0 aliphatic heterocycles. The van der Waals surface area contributed by atoms with Crippen molar-refractivity contribution in [3.05, 3.63) is 53.8 Å². The van der Waals surface area contributed by atoms with E-state index in [0.717, 1.165) is 0 Å². The summed E-state index contributed by atoms with van der Waals surface area (Å²) in [6.07, 6.45) is 0. The first kappa shape index (κ1) is 18.3. The van der Waals surface area contributed by atoms with Crippen molar-refractivity contribution in [2.45, 2.75) is 13.0 Å². The van der Waals surface area contributed by atoms with E-state index in [4.69, 9.17) is 9.47 Å². The van der Waals surface area contributed by atoms with Gasteiger partial charge in [0, 0.05) is 0 Å². The van der Waals surface area contributed by atoms with Crippen LogP contribution in [0.15, 0.2) is 42.5 Å². The van der Waals surface area contributed by atoms with Gasteiger partial charge in [-0.3, -0.25) is 9.59 Å². The average molecular weight is 346 g/mol. The van der Waals surface area contributed by atoms with E-state index in [0.29, 0.717) is 11.5 Å². The molecule has 0 aliphatic carbocycles. The van der Waals surface area contributed by atoms with Gasteiger partial charge in [0.15, 0.2) is 0 Å². The van der Waals surface area contributed by atoms with Crippen LogP contribution in [0.1, 0.15) is 17.3 Å². The summed E-state index contributed by atoms with van der Waals surface area (Å²) in [5, 5.41) is 4.98. The topological polar surface area (TPSA) is 76.7 Å². The number of carbonyl (C=O) groups excluding carboxylic acids is 2. The molecule has 132 valence electrons. The number of carbonyl (C=O) groups is 2. The summed E-state index contributed by atoms with van der Waals surface area (Å²) < 4.78 is 23.9. The molecule has 0 aromatic heterocycles. The molecule has 0 bridgehead atoms. The van der Waals surface area contributed by atoms with Gasteiger partial charge in [-0.2, -0.15) is 0 Å². The minimum Gasteiger partial charge on any atom is -0.496 e. The maximum atomic E-state index is 13.6. The maximum Gasteiger partial charge on any atom is 0.259 e. The number of ether oxygens (including phenoxy) is 2. The van der Waals surface area contributed by atoms with E-state index in [2.05, 4.69) is 10.6 Å². The summed E-state index contributed by atoms with van der Waals surface area (Å²) in [4.78, 5) is 24.7. The van der Waals surface area contributed by atoms with Crippen molar-refractivity contribution in [2.75, 3.05) is 19.5 Å². The molecule has 2 N–H and O–H groups in total. The Bertz CT molecular complexity index is 757. The first-order valence-electron chi connectivity index (χ1n) is 7.55. The molecule has 0 radical (unpaired) electrons. The molecule has 0 fully saturated rings. The van der Waals surface area contributed by atoms with Crippen LogP contribution in [0.25, 0.3) is 0 Å². The zero-order chi connectivity index (χ0) is 18.4. The summed E-state index contributed by atoms with van der Waals surface area (Å²) >= 11 is 0. The maximum absolute atomic E-state index is 13.6. The Labute approximate surface area is 144 Å². The minimum absolute atomic E-state index is 0.0449. The Morgan fingerprint density at radius 2 is 1.60 bits per heavy atom. The molecule has 0 aliphatic rings. The molecule has 1 atom stereocenters. The summed E-state index contributed by atoms with van der Waals surface area (Å²) in [6.45, 7) is 1.50.